The Hall–Kier alpha value is -2.60. The lowest BCUT2D eigenvalue weighted by Crippen LogP contribution is -2.12. The minimum Gasteiger partial charge on any atom is -0.422 e. The quantitative estimate of drug-likeness (QED) is 0.560. The summed E-state index contributed by atoms with van der Waals surface area (Å²) in [5, 5.41) is 9.18. The van der Waals surface area contributed by atoms with Crippen LogP contribution < -0.4 is 4.74 Å². The second-order valence-corrected chi connectivity index (χ2v) is 7.08. The van der Waals surface area contributed by atoms with Gasteiger partial charge in [0.2, 0.25) is 0 Å². The number of hydrogen-bond donors (Lipinski definition) is 0. The molecule has 2 aromatic rings. The first-order chi connectivity index (χ1) is 12.1. The maximum atomic E-state index is 12.4. The Kier molecular flexibility index (Phi) is 5.19. The number of esters is 1. The van der Waals surface area contributed by atoms with Crippen LogP contribution in [-0.2, 0) is 0 Å². The maximum Gasteiger partial charge on any atom is 0.343 e. The molecule has 0 amide bonds. The molecule has 1 fully saturated rings. The molecule has 0 aromatic heterocycles. The smallest absolute Gasteiger partial charge is 0.343 e. The lowest BCUT2D eigenvalue weighted by molar-refractivity contribution is 0.0734. The number of nitriles is 1. The Labute approximate surface area is 149 Å². The van der Waals surface area contributed by atoms with Gasteiger partial charge in [0.25, 0.3) is 0 Å². The molecule has 3 heteroatoms. The SMILES string of the molecule is Cc1ccc(OC(=O)c2ccc(C3CCC(C)CC3)cc2)c(C#N)c1. The lowest BCUT2D eigenvalue weighted by Gasteiger charge is -2.26. The number of carbonyl (C=O) groups is 1. The van der Waals surface area contributed by atoms with Gasteiger partial charge in [-0.2, -0.15) is 5.26 Å². The van der Waals surface area contributed by atoms with Crippen molar-refractivity contribution in [2.24, 2.45) is 5.92 Å². The van der Waals surface area contributed by atoms with Gasteiger partial charge in [-0.05, 0) is 67.0 Å². The summed E-state index contributed by atoms with van der Waals surface area (Å²) < 4.78 is 5.42. The molecular weight excluding hydrogens is 310 g/mol. The van der Waals surface area contributed by atoms with Crippen molar-refractivity contribution in [1.82, 2.24) is 0 Å². The van der Waals surface area contributed by atoms with E-state index in [9.17, 15) is 10.1 Å². The first kappa shape index (κ1) is 17.2. The van der Waals surface area contributed by atoms with E-state index in [0.29, 0.717) is 22.8 Å². The van der Waals surface area contributed by atoms with E-state index in [-0.39, 0.29) is 0 Å². The Bertz CT molecular complexity index is 794. The Morgan fingerprint density at radius 1 is 1.08 bits per heavy atom. The number of ether oxygens (including phenoxy) is 1. The van der Waals surface area contributed by atoms with Crippen molar-refractivity contribution in [3.8, 4) is 11.8 Å². The van der Waals surface area contributed by atoms with Crippen molar-refractivity contribution < 1.29 is 9.53 Å². The fraction of sp³-hybridized carbons (Fsp3) is 0.364. The van der Waals surface area contributed by atoms with Gasteiger partial charge >= 0.3 is 5.97 Å². The molecule has 0 N–H and O–H groups in total. The summed E-state index contributed by atoms with van der Waals surface area (Å²) in [6.07, 6.45) is 5.00. The monoisotopic (exact) mass is 333 g/mol. The van der Waals surface area contributed by atoms with Crippen LogP contribution in [0.25, 0.3) is 0 Å². The number of nitrogens with zero attached hydrogens (tertiary/aromatic N) is 1. The topological polar surface area (TPSA) is 50.1 Å². The summed E-state index contributed by atoms with van der Waals surface area (Å²) in [5.41, 5.74) is 3.15. The Morgan fingerprint density at radius 3 is 2.40 bits per heavy atom. The molecule has 0 radical (unpaired) electrons. The van der Waals surface area contributed by atoms with E-state index in [1.165, 1.54) is 31.2 Å². The van der Waals surface area contributed by atoms with E-state index in [4.69, 9.17) is 4.74 Å². The highest BCUT2D eigenvalue weighted by Gasteiger charge is 2.20. The molecule has 1 aliphatic rings. The van der Waals surface area contributed by atoms with Crippen molar-refractivity contribution in [3.63, 3.8) is 0 Å². The summed E-state index contributed by atoms with van der Waals surface area (Å²) in [6.45, 7) is 4.22. The van der Waals surface area contributed by atoms with Crippen molar-refractivity contribution in [3.05, 3.63) is 64.7 Å². The minimum atomic E-state index is -0.427. The highest BCUT2D eigenvalue weighted by molar-refractivity contribution is 5.91. The highest BCUT2D eigenvalue weighted by Crippen LogP contribution is 2.35. The average molecular weight is 333 g/mol. The van der Waals surface area contributed by atoms with Crippen molar-refractivity contribution >= 4 is 5.97 Å². The third kappa shape index (κ3) is 4.09. The lowest BCUT2D eigenvalue weighted by atomic mass is 9.79. The first-order valence-corrected chi connectivity index (χ1v) is 8.89. The number of carbonyl (C=O) groups excluding carboxylic acids is 1. The summed E-state index contributed by atoms with van der Waals surface area (Å²) in [4.78, 5) is 12.4. The minimum absolute atomic E-state index is 0.309. The average Bonchev–Trinajstić information content (AvgIpc) is 2.64. The van der Waals surface area contributed by atoms with Crippen LogP contribution in [-0.4, -0.2) is 5.97 Å². The summed E-state index contributed by atoms with van der Waals surface area (Å²) in [5.74, 6) is 1.31. The zero-order valence-corrected chi connectivity index (χ0v) is 14.8. The fourth-order valence-corrected chi connectivity index (χ4v) is 3.46. The standard InChI is InChI=1S/C22H23NO2/c1-15-3-6-17(7-4-15)18-8-10-19(11-9-18)22(24)25-21-12-5-16(2)13-20(21)14-23/h5,8-13,15,17H,3-4,6-7H2,1-2H3. The van der Waals surface area contributed by atoms with E-state index in [1.54, 1.807) is 12.1 Å². The van der Waals surface area contributed by atoms with E-state index in [0.717, 1.165) is 11.5 Å². The largest absolute Gasteiger partial charge is 0.422 e. The molecule has 25 heavy (non-hydrogen) atoms. The number of rotatable bonds is 3. The predicted octanol–water partition coefficient (Wildman–Crippen LogP) is 5.38. The van der Waals surface area contributed by atoms with Crippen LogP contribution in [0.4, 0.5) is 0 Å². The summed E-state index contributed by atoms with van der Waals surface area (Å²) in [7, 11) is 0. The normalized spacial score (nSPS) is 19.9. The van der Waals surface area contributed by atoms with Crippen LogP contribution >= 0.6 is 0 Å². The maximum absolute atomic E-state index is 12.4. The Morgan fingerprint density at radius 2 is 1.76 bits per heavy atom. The molecule has 128 valence electrons. The van der Waals surface area contributed by atoms with E-state index in [1.807, 2.05) is 37.3 Å². The summed E-state index contributed by atoms with van der Waals surface area (Å²) in [6, 6.07) is 15.0. The van der Waals surface area contributed by atoms with Crippen LogP contribution in [0.15, 0.2) is 42.5 Å². The number of hydrogen-bond acceptors (Lipinski definition) is 3. The Balaban J connectivity index is 1.70. The molecule has 0 saturated heterocycles. The van der Waals surface area contributed by atoms with Crippen LogP contribution in [0, 0.1) is 24.2 Å². The molecular formula is C22H23NO2. The molecule has 0 bridgehead atoms. The molecule has 2 aromatic carbocycles. The highest BCUT2D eigenvalue weighted by atomic mass is 16.5. The molecule has 3 nitrogen and oxygen atoms in total. The van der Waals surface area contributed by atoms with E-state index in [2.05, 4.69) is 13.0 Å². The van der Waals surface area contributed by atoms with Gasteiger partial charge in [-0.15, -0.1) is 0 Å². The molecule has 1 saturated carbocycles. The molecule has 0 unspecified atom stereocenters. The van der Waals surface area contributed by atoms with Gasteiger partial charge in [0.1, 0.15) is 11.8 Å². The molecule has 3 rings (SSSR count). The van der Waals surface area contributed by atoms with E-state index < -0.39 is 5.97 Å². The fourth-order valence-electron chi connectivity index (χ4n) is 3.46. The van der Waals surface area contributed by atoms with Gasteiger partial charge < -0.3 is 4.74 Å². The van der Waals surface area contributed by atoms with Crippen LogP contribution in [0.1, 0.15) is 65.6 Å². The second kappa shape index (κ2) is 7.53. The zero-order chi connectivity index (χ0) is 17.8. The summed E-state index contributed by atoms with van der Waals surface area (Å²) >= 11 is 0. The zero-order valence-electron chi connectivity index (χ0n) is 14.8. The van der Waals surface area contributed by atoms with E-state index >= 15 is 0 Å². The van der Waals surface area contributed by atoms with Gasteiger partial charge in [-0.1, -0.05) is 38.0 Å². The molecule has 0 atom stereocenters. The van der Waals surface area contributed by atoms with Gasteiger partial charge in [0.05, 0.1) is 11.1 Å². The third-order valence-corrected chi connectivity index (χ3v) is 5.09. The molecule has 0 heterocycles. The molecule has 1 aliphatic carbocycles. The van der Waals surface area contributed by atoms with Gasteiger partial charge in [0, 0.05) is 0 Å². The third-order valence-electron chi connectivity index (χ3n) is 5.09. The molecule has 0 spiro atoms. The number of aryl methyl sites for hydroxylation is 1. The van der Waals surface area contributed by atoms with Gasteiger partial charge in [-0.25, -0.2) is 4.79 Å². The van der Waals surface area contributed by atoms with Crippen LogP contribution in [0.3, 0.4) is 0 Å². The van der Waals surface area contributed by atoms with Crippen LogP contribution in [0.2, 0.25) is 0 Å². The van der Waals surface area contributed by atoms with Gasteiger partial charge in [-0.3, -0.25) is 0 Å². The predicted molar refractivity (Wildman–Crippen MR) is 97.7 cm³/mol. The number of benzene rings is 2. The first-order valence-electron chi connectivity index (χ1n) is 8.89. The van der Waals surface area contributed by atoms with Gasteiger partial charge in [0.15, 0.2) is 0 Å². The van der Waals surface area contributed by atoms with Crippen molar-refractivity contribution in [2.75, 3.05) is 0 Å². The second-order valence-electron chi connectivity index (χ2n) is 7.08. The molecule has 0 aliphatic heterocycles. The van der Waals surface area contributed by atoms with Crippen molar-refractivity contribution in [2.45, 2.75) is 45.4 Å². The van der Waals surface area contributed by atoms with Crippen molar-refractivity contribution in [1.29, 1.82) is 5.26 Å². The van der Waals surface area contributed by atoms with Crippen LogP contribution in [0.5, 0.6) is 5.75 Å².